The van der Waals surface area contributed by atoms with E-state index in [1.54, 1.807) is 0 Å². The highest BCUT2D eigenvalue weighted by atomic mass is 32.1. The number of anilines is 3. The van der Waals surface area contributed by atoms with Crippen LogP contribution in [0.4, 0.5) is 17.1 Å². The van der Waals surface area contributed by atoms with Crippen LogP contribution in [0.25, 0.3) is 86.3 Å². The fraction of sp³-hybridized carbons (Fsp3) is 0.0545. The zero-order valence-corrected chi connectivity index (χ0v) is 33.0. The summed E-state index contributed by atoms with van der Waals surface area (Å²) in [5, 5.41) is 7.11. The van der Waals surface area contributed by atoms with Crippen molar-refractivity contribution in [2.75, 3.05) is 4.90 Å². The third kappa shape index (κ3) is 4.84. The monoisotopic (exact) mass is 759 g/mol. The fourth-order valence-electron chi connectivity index (χ4n) is 9.69. The number of rotatable bonds is 5. The summed E-state index contributed by atoms with van der Waals surface area (Å²) >= 11 is 1.88. The Morgan fingerprint density at radius 1 is 0.448 bits per heavy atom. The third-order valence-electron chi connectivity index (χ3n) is 12.5. The Kier molecular flexibility index (Phi) is 7.18. The number of thiophene rings is 1. The molecule has 0 saturated heterocycles. The molecule has 12 rings (SSSR count). The van der Waals surface area contributed by atoms with Gasteiger partial charge in [0.05, 0.1) is 5.69 Å². The van der Waals surface area contributed by atoms with Crippen LogP contribution in [-0.2, 0) is 5.41 Å². The lowest BCUT2D eigenvalue weighted by Gasteiger charge is -2.29. The van der Waals surface area contributed by atoms with E-state index >= 15 is 0 Å². The van der Waals surface area contributed by atoms with Crippen molar-refractivity contribution in [2.24, 2.45) is 0 Å². The van der Waals surface area contributed by atoms with E-state index < -0.39 is 0 Å². The van der Waals surface area contributed by atoms with Crippen molar-refractivity contribution < 1.29 is 4.42 Å². The minimum absolute atomic E-state index is 0.119. The Balaban J connectivity index is 1.05. The minimum atomic E-state index is -0.119. The molecule has 0 amide bonds. The van der Waals surface area contributed by atoms with Crippen LogP contribution >= 0.6 is 11.3 Å². The molecule has 0 unspecified atom stereocenters. The number of nitrogens with zero attached hydrogens (tertiary/aromatic N) is 1. The highest BCUT2D eigenvalue weighted by Crippen LogP contribution is 2.52. The maximum atomic E-state index is 6.85. The van der Waals surface area contributed by atoms with Gasteiger partial charge in [0.15, 0.2) is 0 Å². The standard InChI is InChI=1S/C55H37NOS/c1-55(2)47-23-10-8-16-40(47)41-31-30-37(32-48(41)55)56(36-14-4-3-5-15-36)49-33-46-52-38(20-13-24-50(52)57-53(46)44-19-7-6-17-42(44)49)34-26-28-35(29-27-34)39-21-12-22-45-43-18-9-11-25-51(43)58-54(39)45/h3-33H,1-2H3. The van der Waals surface area contributed by atoms with Crippen LogP contribution in [0.15, 0.2) is 192 Å². The molecule has 2 aromatic heterocycles. The Morgan fingerprint density at radius 2 is 1.09 bits per heavy atom. The molecule has 274 valence electrons. The number of benzene rings is 9. The lowest BCUT2D eigenvalue weighted by Crippen LogP contribution is -2.16. The van der Waals surface area contributed by atoms with Crippen LogP contribution < -0.4 is 4.90 Å². The molecular weight excluding hydrogens is 723 g/mol. The molecule has 1 aliphatic rings. The number of hydrogen-bond acceptors (Lipinski definition) is 3. The van der Waals surface area contributed by atoms with E-state index in [0.717, 1.165) is 60.9 Å². The maximum absolute atomic E-state index is 6.85. The predicted octanol–water partition coefficient (Wildman–Crippen LogP) is 16.2. The highest BCUT2D eigenvalue weighted by Gasteiger charge is 2.36. The normalized spacial score (nSPS) is 13.1. The van der Waals surface area contributed by atoms with Gasteiger partial charge < -0.3 is 9.32 Å². The SMILES string of the molecule is CC1(C)c2ccccc2-c2ccc(N(c3ccccc3)c3cc4c(oc5cccc(-c6ccc(-c7cccc8c7sc7ccccc78)cc6)c54)c4ccccc34)cc21. The molecule has 11 aromatic rings. The fourth-order valence-corrected chi connectivity index (χ4v) is 10.9. The van der Waals surface area contributed by atoms with E-state index in [1.807, 2.05) is 11.3 Å². The molecule has 0 fully saturated rings. The van der Waals surface area contributed by atoms with Gasteiger partial charge in [-0.05, 0) is 87.0 Å². The van der Waals surface area contributed by atoms with Crippen LogP contribution in [0, 0.1) is 0 Å². The molecule has 2 nitrogen and oxygen atoms in total. The Hall–Kier alpha value is -6.94. The molecule has 0 saturated carbocycles. The number of furan rings is 1. The van der Waals surface area contributed by atoms with Crippen LogP contribution in [0.2, 0.25) is 0 Å². The molecule has 9 aromatic carbocycles. The van der Waals surface area contributed by atoms with E-state index in [4.69, 9.17) is 4.42 Å². The average molecular weight is 760 g/mol. The van der Waals surface area contributed by atoms with Crippen molar-refractivity contribution in [2.45, 2.75) is 19.3 Å². The van der Waals surface area contributed by atoms with Gasteiger partial charge in [-0.2, -0.15) is 0 Å². The molecule has 0 spiro atoms. The van der Waals surface area contributed by atoms with Crippen molar-refractivity contribution in [3.8, 4) is 33.4 Å². The molecule has 58 heavy (non-hydrogen) atoms. The molecule has 3 heteroatoms. The summed E-state index contributed by atoms with van der Waals surface area (Å²) < 4.78 is 9.50. The van der Waals surface area contributed by atoms with Gasteiger partial charge in [0.1, 0.15) is 11.2 Å². The van der Waals surface area contributed by atoms with Crippen molar-refractivity contribution in [3.05, 3.63) is 199 Å². The number of hydrogen-bond donors (Lipinski definition) is 0. The van der Waals surface area contributed by atoms with Crippen LogP contribution in [0.3, 0.4) is 0 Å². The van der Waals surface area contributed by atoms with Crippen LogP contribution in [-0.4, -0.2) is 0 Å². The zero-order chi connectivity index (χ0) is 38.5. The van der Waals surface area contributed by atoms with Crippen molar-refractivity contribution >= 4 is 81.3 Å². The highest BCUT2D eigenvalue weighted by molar-refractivity contribution is 7.26. The van der Waals surface area contributed by atoms with Crippen molar-refractivity contribution in [3.63, 3.8) is 0 Å². The number of fused-ring (bicyclic) bond motifs is 11. The van der Waals surface area contributed by atoms with Gasteiger partial charge in [-0.25, -0.2) is 0 Å². The minimum Gasteiger partial charge on any atom is -0.455 e. The Labute approximate surface area is 340 Å². The molecular formula is C55H37NOS. The first kappa shape index (κ1) is 33.2. The van der Waals surface area contributed by atoms with Gasteiger partial charge >= 0.3 is 0 Å². The van der Waals surface area contributed by atoms with Crippen molar-refractivity contribution in [1.82, 2.24) is 0 Å². The van der Waals surface area contributed by atoms with Crippen molar-refractivity contribution in [1.29, 1.82) is 0 Å². The Morgan fingerprint density at radius 3 is 1.93 bits per heavy atom. The predicted molar refractivity (Wildman–Crippen MR) is 247 cm³/mol. The smallest absolute Gasteiger partial charge is 0.143 e. The third-order valence-corrected chi connectivity index (χ3v) is 13.7. The molecule has 0 aliphatic heterocycles. The first-order chi connectivity index (χ1) is 28.5. The first-order valence-corrected chi connectivity index (χ1v) is 20.8. The summed E-state index contributed by atoms with van der Waals surface area (Å²) in [6.07, 6.45) is 0. The summed E-state index contributed by atoms with van der Waals surface area (Å²) in [5.41, 5.74) is 15.2. The topological polar surface area (TPSA) is 16.4 Å². The molecule has 1 aliphatic carbocycles. The molecule has 0 atom stereocenters. The van der Waals surface area contributed by atoms with Crippen LogP contribution in [0.1, 0.15) is 25.0 Å². The quantitative estimate of drug-likeness (QED) is 0.174. The summed E-state index contributed by atoms with van der Waals surface area (Å²) in [7, 11) is 0. The second-order valence-electron chi connectivity index (χ2n) is 16.0. The second-order valence-corrected chi connectivity index (χ2v) is 17.1. The summed E-state index contributed by atoms with van der Waals surface area (Å²) in [5.74, 6) is 0. The molecule has 0 bridgehead atoms. The van der Waals surface area contributed by atoms with E-state index in [1.165, 1.54) is 53.6 Å². The molecule has 2 heterocycles. The largest absolute Gasteiger partial charge is 0.455 e. The molecule has 0 N–H and O–H groups in total. The maximum Gasteiger partial charge on any atom is 0.143 e. The molecule has 0 radical (unpaired) electrons. The second kappa shape index (κ2) is 12.5. The lowest BCUT2D eigenvalue weighted by atomic mass is 9.82. The van der Waals surface area contributed by atoms with Gasteiger partial charge in [-0.1, -0.05) is 159 Å². The summed E-state index contributed by atoms with van der Waals surface area (Å²) in [6.45, 7) is 4.71. The average Bonchev–Trinajstić information content (AvgIpc) is 3.92. The van der Waals surface area contributed by atoms with Crippen LogP contribution in [0.5, 0.6) is 0 Å². The van der Waals surface area contributed by atoms with E-state index in [9.17, 15) is 0 Å². The van der Waals surface area contributed by atoms with Gasteiger partial charge in [0.2, 0.25) is 0 Å². The number of para-hydroxylation sites is 1. The van der Waals surface area contributed by atoms with Gasteiger partial charge in [-0.3, -0.25) is 0 Å². The van der Waals surface area contributed by atoms with E-state index in [-0.39, 0.29) is 5.41 Å². The Bertz CT molecular complexity index is 3420. The lowest BCUT2D eigenvalue weighted by molar-refractivity contribution is 0.660. The summed E-state index contributed by atoms with van der Waals surface area (Å²) in [6, 6.07) is 68.7. The first-order valence-electron chi connectivity index (χ1n) is 20.0. The van der Waals surface area contributed by atoms with Gasteiger partial charge in [0.25, 0.3) is 0 Å². The van der Waals surface area contributed by atoms with Gasteiger partial charge in [0, 0.05) is 58.5 Å². The summed E-state index contributed by atoms with van der Waals surface area (Å²) in [4.78, 5) is 2.44. The zero-order valence-electron chi connectivity index (χ0n) is 32.2. The van der Waals surface area contributed by atoms with Gasteiger partial charge in [-0.15, -0.1) is 11.3 Å². The van der Waals surface area contributed by atoms with E-state index in [0.29, 0.717) is 0 Å². The van der Waals surface area contributed by atoms with E-state index in [2.05, 4.69) is 207 Å².